The van der Waals surface area contributed by atoms with E-state index < -0.39 is 0 Å². The van der Waals surface area contributed by atoms with Gasteiger partial charge in [-0.05, 0) is 30.7 Å². The first-order valence-electron chi connectivity index (χ1n) is 7.45. The van der Waals surface area contributed by atoms with E-state index in [1.165, 1.54) is 4.90 Å². The summed E-state index contributed by atoms with van der Waals surface area (Å²) in [6.07, 6.45) is 0. The van der Waals surface area contributed by atoms with E-state index in [1.54, 1.807) is 24.3 Å². The molecule has 1 amide bonds. The molecule has 0 aliphatic carbocycles. The third-order valence-electron chi connectivity index (χ3n) is 3.38. The molecule has 0 atom stereocenters. The number of ether oxygens (including phenoxy) is 1. The van der Waals surface area contributed by atoms with Crippen molar-refractivity contribution in [3.8, 4) is 17.9 Å². The Labute approximate surface area is 141 Å². The lowest BCUT2D eigenvalue weighted by atomic mass is 10.1. The molecule has 24 heavy (non-hydrogen) atoms. The molecule has 5 heteroatoms. The van der Waals surface area contributed by atoms with Crippen molar-refractivity contribution < 1.29 is 9.53 Å². The van der Waals surface area contributed by atoms with Gasteiger partial charge in [0.05, 0.1) is 12.1 Å². The van der Waals surface area contributed by atoms with Gasteiger partial charge in [-0.3, -0.25) is 4.79 Å². The van der Waals surface area contributed by atoms with Crippen LogP contribution in [0.15, 0.2) is 48.5 Å². The van der Waals surface area contributed by atoms with Crippen molar-refractivity contribution in [3.63, 3.8) is 0 Å². The highest BCUT2D eigenvalue weighted by molar-refractivity contribution is 5.94. The van der Waals surface area contributed by atoms with Crippen molar-refractivity contribution >= 4 is 5.91 Å². The second-order valence-electron chi connectivity index (χ2n) is 5.28. The monoisotopic (exact) mass is 319 g/mol. The number of hydrogen-bond acceptors (Lipinski definition) is 4. The molecule has 0 fully saturated rings. The average molecular weight is 319 g/mol. The molecule has 0 radical (unpaired) electrons. The number of hydrogen-bond donors (Lipinski definition) is 0. The minimum atomic E-state index is -0.362. The standard InChI is InChI=1S/C19H17N3O2/c1-15-4-2-5-16(12-15)14-24-18-7-3-6-17(13-18)19(23)22(10-8-20)11-9-21/h2-7,12-13H,10-11,14H2,1H3. The number of aryl methyl sites for hydroxylation is 1. The Kier molecular flexibility index (Phi) is 5.94. The summed E-state index contributed by atoms with van der Waals surface area (Å²) in [4.78, 5) is 13.6. The fourth-order valence-electron chi connectivity index (χ4n) is 2.24. The molecule has 0 aliphatic rings. The fourth-order valence-corrected chi connectivity index (χ4v) is 2.24. The van der Waals surface area contributed by atoms with Gasteiger partial charge in [0.15, 0.2) is 0 Å². The van der Waals surface area contributed by atoms with Crippen LogP contribution in [0.5, 0.6) is 5.75 Å². The summed E-state index contributed by atoms with van der Waals surface area (Å²) in [7, 11) is 0. The molecule has 2 aromatic carbocycles. The van der Waals surface area contributed by atoms with Gasteiger partial charge in [-0.25, -0.2) is 0 Å². The number of carbonyl (C=O) groups excluding carboxylic acids is 1. The zero-order valence-corrected chi connectivity index (χ0v) is 13.4. The Morgan fingerprint density at radius 1 is 1.08 bits per heavy atom. The molecule has 0 spiro atoms. The third-order valence-corrected chi connectivity index (χ3v) is 3.38. The number of carbonyl (C=O) groups is 1. The number of rotatable bonds is 6. The number of nitrogens with zero attached hydrogens (tertiary/aromatic N) is 3. The van der Waals surface area contributed by atoms with E-state index >= 15 is 0 Å². The topological polar surface area (TPSA) is 77.1 Å². The second kappa shape index (κ2) is 8.36. The lowest BCUT2D eigenvalue weighted by Crippen LogP contribution is -2.31. The van der Waals surface area contributed by atoms with Crippen molar-refractivity contribution in [2.45, 2.75) is 13.5 Å². The van der Waals surface area contributed by atoms with Crippen LogP contribution < -0.4 is 4.74 Å². The van der Waals surface area contributed by atoms with Crippen molar-refractivity contribution in [1.82, 2.24) is 4.90 Å². The number of amides is 1. The quantitative estimate of drug-likeness (QED) is 0.767. The van der Waals surface area contributed by atoms with Crippen LogP contribution in [0.2, 0.25) is 0 Å². The maximum absolute atomic E-state index is 12.4. The molecule has 0 bridgehead atoms. The van der Waals surface area contributed by atoms with E-state index in [9.17, 15) is 4.79 Å². The first kappa shape index (κ1) is 17.1. The van der Waals surface area contributed by atoms with Crippen LogP contribution in [0, 0.1) is 29.6 Å². The highest BCUT2D eigenvalue weighted by Crippen LogP contribution is 2.17. The Bertz CT molecular complexity index is 787. The Hall–Kier alpha value is -3.31. The summed E-state index contributed by atoms with van der Waals surface area (Å²) in [5.74, 6) is 0.204. The summed E-state index contributed by atoms with van der Waals surface area (Å²) in [6, 6.07) is 18.5. The highest BCUT2D eigenvalue weighted by Gasteiger charge is 2.15. The van der Waals surface area contributed by atoms with Crippen molar-refractivity contribution in [1.29, 1.82) is 10.5 Å². The molecule has 0 unspecified atom stereocenters. The van der Waals surface area contributed by atoms with E-state index in [0.29, 0.717) is 17.9 Å². The Balaban J connectivity index is 2.09. The van der Waals surface area contributed by atoms with Crippen LogP contribution in [0.4, 0.5) is 0 Å². The van der Waals surface area contributed by atoms with E-state index in [-0.39, 0.29) is 19.0 Å². The van der Waals surface area contributed by atoms with Crippen LogP contribution in [0.1, 0.15) is 21.5 Å². The highest BCUT2D eigenvalue weighted by atomic mass is 16.5. The van der Waals surface area contributed by atoms with Crippen LogP contribution in [0.25, 0.3) is 0 Å². The van der Waals surface area contributed by atoms with E-state index in [0.717, 1.165) is 11.1 Å². The zero-order valence-electron chi connectivity index (χ0n) is 13.4. The third kappa shape index (κ3) is 4.59. The van der Waals surface area contributed by atoms with Gasteiger partial charge in [-0.2, -0.15) is 10.5 Å². The largest absolute Gasteiger partial charge is 0.489 e. The number of nitriles is 2. The average Bonchev–Trinajstić information content (AvgIpc) is 2.59. The number of benzene rings is 2. The smallest absolute Gasteiger partial charge is 0.255 e. The molecule has 0 aliphatic heterocycles. The predicted octanol–water partition coefficient (Wildman–Crippen LogP) is 3.06. The van der Waals surface area contributed by atoms with Gasteiger partial charge in [0.25, 0.3) is 5.91 Å². The minimum absolute atomic E-state index is 0.124. The van der Waals surface area contributed by atoms with E-state index in [1.807, 2.05) is 43.3 Å². The molecular formula is C19H17N3O2. The van der Waals surface area contributed by atoms with Gasteiger partial charge in [-0.1, -0.05) is 35.9 Å². The van der Waals surface area contributed by atoms with Crippen molar-refractivity contribution in [3.05, 3.63) is 65.2 Å². The molecule has 5 nitrogen and oxygen atoms in total. The van der Waals surface area contributed by atoms with Crippen LogP contribution in [0.3, 0.4) is 0 Å². The summed E-state index contributed by atoms with van der Waals surface area (Å²) in [5.41, 5.74) is 2.59. The van der Waals surface area contributed by atoms with Crippen LogP contribution >= 0.6 is 0 Å². The van der Waals surface area contributed by atoms with Crippen LogP contribution in [-0.2, 0) is 6.61 Å². The summed E-state index contributed by atoms with van der Waals surface area (Å²) in [5, 5.41) is 17.5. The SMILES string of the molecule is Cc1cccc(COc2cccc(C(=O)N(CC#N)CC#N)c2)c1. The fraction of sp³-hybridized carbons (Fsp3) is 0.211. The molecule has 0 saturated carbocycles. The van der Waals surface area contributed by atoms with Gasteiger partial charge in [-0.15, -0.1) is 0 Å². The molecule has 120 valence electrons. The summed E-state index contributed by atoms with van der Waals surface area (Å²) >= 11 is 0. The summed E-state index contributed by atoms with van der Waals surface area (Å²) < 4.78 is 5.74. The first-order valence-corrected chi connectivity index (χ1v) is 7.45. The molecule has 0 saturated heterocycles. The molecule has 0 N–H and O–H groups in total. The van der Waals surface area contributed by atoms with Gasteiger partial charge in [0, 0.05) is 5.56 Å². The van der Waals surface area contributed by atoms with E-state index in [4.69, 9.17) is 15.3 Å². The molecule has 2 aromatic rings. The summed E-state index contributed by atoms with van der Waals surface area (Å²) in [6.45, 7) is 2.17. The van der Waals surface area contributed by atoms with E-state index in [2.05, 4.69) is 0 Å². The normalized spacial score (nSPS) is 9.62. The lowest BCUT2D eigenvalue weighted by Gasteiger charge is -2.16. The zero-order chi connectivity index (χ0) is 17.4. The Morgan fingerprint density at radius 2 is 1.79 bits per heavy atom. The molecule has 2 rings (SSSR count). The van der Waals surface area contributed by atoms with Crippen molar-refractivity contribution in [2.75, 3.05) is 13.1 Å². The van der Waals surface area contributed by atoms with Gasteiger partial charge in [0.1, 0.15) is 25.4 Å². The van der Waals surface area contributed by atoms with Gasteiger partial charge < -0.3 is 9.64 Å². The maximum Gasteiger partial charge on any atom is 0.255 e. The first-order chi connectivity index (χ1) is 11.6. The van der Waals surface area contributed by atoms with Crippen LogP contribution in [-0.4, -0.2) is 23.9 Å². The van der Waals surface area contributed by atoms with Gasteiger partial charge >= 0.3 is 0 Å². The second-order valence-corrected chi connectivity index (χ2v) is 5.28. The van der Waals surface area contributed by atoms with Crippen molar-refractivity contribution in [2.24, 2.45) is 0 Å². The minimum Gasteiger partial charge on any atom is -0.489 e. The Morgan fingerprint density at radius 3 is 2.46 bits per heavy atom. The van der Waals surface area contributed by atoms with Gasteiger partial charge in [0.2, 0.25) is 0 Å². The lowest BCUT2D eigenvalue weighted by molar-refractivity contribution is 0.0794. The molecular weight excluding hydrogens is 302 g/mol. The molecule has 0 aromatic heterocycles. The predicted molar refractivity (Wildman–Crippen MR) is 89.1 cm³/mol. The molecule has 0 heterocycles. The maximum atomic E-state index is 12.4.